The van der Waals surface area contributed by atoms with Gasteiger partial charge >= 0.3 is 0 Å². The maximum absolute atomic E-state index is 3.61. The molecule has 0 aromatic heterocycles. The van der Waals surface area contributed by atoms with Crippen LogP contribution in [0, 0.1) is 0 Å². The Labute approximate surface area is 107 Å². The van der Waals surface area contributed by atoms with Crippen molar-refractivity contribution in [3.05, 3.63) is 0 Å². The van der Waals surface area contributed by atoms with Gasteiger partial charge in [-0.25, -0.2) is 0 Å². The maximum atomic E-state index is 3.61. The Morgan fingerprint density at radius 2 is 1.76 bits per heavy atom. The minimum absolute atomic E-state index is 0.885. The van der Waals surface area contributed by atoms with Gasteiger partial charge in [-0.05, 0) is 58.2 Å². The number of hydrogen-bond donors (Lipinski definition) is 1. The standard InChI is InChI=1S/C15H30N2/c1-2-17(15-8-4-3-5-9-15)13-7-6-12-16-14-10-11-14/h14-16H,2-13H2,1H3. The third-order valence-corrected chi connectivity index (χ3v) is 4.38. The molecular formula is C15H30N2. The Bertz CT molecular complexity index is 195. The summed E-state index contributed by atoms with van der Waals surface area (Å²) in [6.45, 7) is 6.15. The fourth-order valence-electron chi connectivity index (χ4n) is 3.08. The Balaban J connectivity index is 1.53. The van der Waals surface area contributed by atoms with Gasteiger partial charge in [-0.15, -0.1) is 0 Å². The summed E-state index contributed by atoms with van der Waals surface area (Å²) < 4.78 is 0. The molecule has 2 aliphatic carbocycles. The van der Waals surface area contributed by atoms with Gasteiger partial charge in [0, 0.05) is 12.1 Å². The molecule has 0 amide bonds. The summed E-state index contributed by atoms with van der Waals surface area (Å²) >= 11 is 0. The summed E-state index contributed by atoms with van der Waals surface area (Å²) in [5.74, 6) is 0. The molecule has 0 aromatic carbocycles. The molecule has 1 N–H and O–H groups in total. The van der Waals surface area contributed by atoms with Gasteiger partial charge in [0.1, 0.15) is 0 Å². The van der Waals surface area contributed by atoms with Crippen LogP contribution in [0.4, 0.5) is 0 Å². The third kappa shape index (κ3) is 4.97. The zero-order chi connectivity index (χ0) is 11.9. The van der Waals surface area contributed by atoms with Crippen molar-refractivity contribution in [3.63, 3.8) is 0 Å². The van der Waals surface area contributed by atoms with Gasteiger partial charge in [0.2, 0.25) is 0 Å². The van der Waals surface area contributed by atoms with Crippen LogP contribution in [-0.2, 0) is 0 Å². The Morgan fingerprint density at radius 3 is 2.41 bits per heavy atom. The SMILES string of the molecule is CCN(CCCCNC1CC1)C1CCCCC1. The van der Waals surface area contributed by atoms with E-state index in [9.17, 15) is 0 Å². The van der Waals surface area contributed by atoms with Crippen LogP contribution in [0.15, 0.2) is 0 Å². The molecule has 0 bridgehead atoms. The van der Waals surface area contributed by atoms with Gasteiger partial charge in [-0.3, -0.25) is 0 Å². The molecule has 0 atom stereocenters. The quantitative estimate of drug-likeness (QED) is 0.653. The van der Waals surface area contributed by atoms with E-state index in [4.69, 9.17) is 0 Å². The van der Waals surface area contributed by atoms with Crippen molar-refractivity contribution < 1.29 is 0 Å². The number of hydrogen-bond acceptors (Lipinski definition) is 2. The van der Waals surface area contributed by atoms with Crippen LogP contribution in [0.2, 0.25) is 0 Å². The van der Waals surface area contributed by atoms with E-state index in [0.717, 1.165) is 12.1 Å². The fraction of sp³-hybridized carbons (Fsp3) is 1.00. The number of rotatable bonds is 8. The molecule has 0 aliphatic heterocycles. The molecule has 0 spiro atoms. The largest absolute Gasteiger partial charge is 0.314 e. The lowest BCUT2D eigenvalue weighted by atomic mass is 9.94. The summed E-state index contributed by atoms with van der Waals surface area (Å²) in [5.41, 5.74) is 0. The number of nitrogens with one attached hydrogen (secondary N) is 1. The van der Waals surface area contributed by atoms with Crippen LogP contribution >= 0.6 is 0 Å². The molecule has 0 heterocycles. The first kappa shape index (κ1) is 13.4. The lowest BCUT2D eigenvalue weighted by Crippen LogP contribution is -2.37. The van der Waals surface area contributed by atoms with E-state index in [1.165, 1.54) is 77.4 Å². The second-order valence-corrected chi connectivity index (χ2v) is 5.86. The van der Waals surface area contributed by atoms with E-state index in [1.54, 1.807) is 0 Å². The predicted octanol–water partition coefficient (Wildman–Crippen LogP) is 3.17. The van der Waals surface area contributed by atoms with Crippen LogP contribution in [0.3, 0.4) is 0 Å². The molecule has 0 unspecified atom stereocenters. The fourth-order valence-corrected chi connectivity index (χ4v) is 3.08. The van der Waals surface area contributed by atoms with Crippen molar-refractivity contribution >= 4 is 0 Å². The van der Waals surface area contributed by atoms with E-state index in [2.05, 4.69) is 17.1 Å². The highest BCUT2D eigenvalue weighted by atomic mass is 15.1. The van der Waals surface area contributed by atoms with Crippen LogP contribution in [0.5, 0.6) is 0 Å². The van der Waals surface area contributed by atoms with Crippen LogP contribution < -0.4 is 5.32 Å². The first-order valence-corrected chi connectivity index (χ1v) is 7.87. The number of unbranched alkanes of at least 4 members (excludes halogenated alkanes) is 1. The van der Waals surface area contributed by atoms with E-state index < -0.39 is 0 Å². The Morgan fingerprint density at radius 1 is 1.00 bits per heavy atom. The van der Waals surface area contributed by atoms with Gasteiger partial charge in [-0.2, -0.15) is 0 Å². The normalized spacial score (nSPS) is 22.2. The molecule has 17 heavy (non-hydrogen) atoms. The van der Waals surface area contributed by atoms with Crippen molar-refractivity contribution in [2.24, 2.45) is 0 Å². The van der Waals surface area contributed by atoms with Crippen LogP contribution in [0.25, 0.3) is 0 Å². The lowest BCUT2D eigenvalue weighted by Gasteiger charge is -2.33. The molecular weight excluding hydrogens is 208 g/mol. The van der Waals surface area contributed by atoms with Crippen LogP contribution in [-0.4, -0.2) is 36.6 Å². The molecule has 100 valence electrons. The summed E-state index contributed by atoms with van der Waals surface area (Å²) in [7, 11) is 0. The lowest BCUT2D eigenvalue weighted by molar-refractivity contribution is 0.161. The summed E-state index contributed by atoms with van der Waals surface area (Å²) in [6.07, 6.45) is 12.9. The topological polar surface area (TPSA) is 15.3 Å². The van der Waals surface area contributed by atoms with E-state index in [-0.39, 0.29) is 0 Å². The van der Waals surface area contributed by atoms with Crippen LogP contribution in [0.1, 0.15) is 64.7 Å². The van der Waals surface area contributed by atoms with Gasteiger partial charge in [0.15, 0.2) is 0 Å². The van der Waals surface area contributed by atoms with Crippen molar-refractivity contribution in [3.8, 4) is 0 Å². The second-order valence-electron chi connectivity index (χ2n) is 5.86. The first-order valence-electron chi connectivity index (χ1n) is 7.87. The zero-order valence-corrected chi connectivity index (χ0v) is 11.6. The summed E-state index contributed by atoms with van der Waals surface area (Å²) in [5, 5.41) is 3.61. The summed E-state index contributed by atoms with van der Waals surface area (Å²) in [4.78, 5) is 2.73. The molecule has 2 nitrogen and oxygen atoms in total. The molecule has 2 rings (SSSR count). The van der Waals surface area contributed by atoms with Gasteiger partial charge < -0.3 is 10.2 Å². The highest BCUT2D eigenvalue weighted by Gasteiger charge is 2.20. The van der Waals surface area contributed by atoms with E-state index in [1.807, 2.05) is 0 Å². The highest BCUT2D eigenvalue weighted by molar-refractivity contribution is 4.80. The molecule has 2 saturated carbocycles. The highest BCUT2D eigenvalue weighted by Crippen LogP contribution is 2.22. The Hall–Kier alpha value is -0.0800. The smallest absolute Gasteiger partial charge is 0.00951 e. The van der Waals surface area contributed by atoms with Crippen molar-refractivity contribution in [1.82, 2.24) is 10.2 Å². The second kappa shape index (κ2) is 7.38. The number of nitrogens with zero attached hydrogens (tertiary/aromatic N) is 1. The van der Waals surface area contributed by atoms with Crippen molar-refractivity contribution in [2.75, 3.05) is 19.6 Å². The monoisotopic (exact) mass is 238 g/mol. The molecule has 0 aromatic rings. The minimum atomic E-state index is 0.885. The molecule has 2 fully saturated rings. The average molecular weight is 238 g/mol. The molecule has 2 heteroatoms. The molecule has 0 saturated heterocycles. The van der Waals surface area contributed by atoms with Crippen molar-refractivity contribution in [1.29, 1.82) is 0 Å². The van der Waals surface area contributed by atoms with Gasteiger partial charge in [0.05, 0.1) is 0 Å². The zero-order valence-electron chi connectivity index (χ0n) is 11.6. The molecule has 2 aliphatic rings. The Kier molecular flexibility index (Phi) is 5.79. The minimum Gasteiger partial charge on any atom is -0.314 e. The third-order valence-electron chi connectivity index (χ3n) is 4.38. The van der Waals surface area contributed by atoms with Crippen molar-refractivity contribution in [2.45, 2.75) is 76.8 Å². The van der Waals surface area contributed by atoms with E-state index in [0.29, 0.717) is 0 Å². The molecule has 0 radical (unpaired) electrons. The van der Waals surface area contributed by atoms with E-state index >= 15 is 0 Å². The first-order chi connectivity index (χ1) is 8.40. The van der Waals surface area contributed by atoms with Gasteiger partial charge in [-0.1, -0.05) is 26.2 Å². The average Bonchev–Trinajstić information content (AvgIpc) is 3.19. The maximum Gasteiger partial charge on any atom is 0.00951 e. The van der Waals surface area contributed by atoms with Gasteiger partial charge in [0.25, 0.3) is 0 Å². The summed E-state index contributed by atoms with van der Waals surface area (Å²) in [6, 6.07) is 1.79. The predicted molar refractivity (Wildman–Crippen MR) is 74.4 cm³/mol.